The van der Waals surface area contributed by atoms with Crippen molar-refractivity contribution < 1.29 is 0 Å². The Kier molecular flexibility index (Phi) is 2.56. The quantitative estimate of drug-likeness (QED) is 0.752. The lowest BCUT2D eigenvalue weighted by molar-refractivity contribution is 0.320. The molecule has 3 nitrogen and oxygen atoms in total. The van der Waals surface area contributed by atoms with E-state index in [0.29, 0.717) is 17.4 Å². The highest BCUT2D eigenvalue weighted by Gasteiger charge is 2.21. The van der Waals surface area contributed by atoms with Gasteiger partial charge in [0.05, 0.1) is 0 Å². The predicted octanol–water partition coefficient (Wildman–Crippen LogP) is 1.98. The summed E-state index contributed by atoms with van der Waals surface area (Å²) >= 11 is 5.93. The lowest BCUT2D eigenvalue weighted by Crippen LogP contribution is -2.29. The topological polar surface area (TPSA) is 43.8 Å². The van der Waals surface area contributed by atoms with Crippen molar-refractivity contribution in [1.82, 2.24) is 9.55 Å². The molecular formula is C9H14ClN3. The van der Waals surface area contributed by atoms with Gasteiger partial charge in [-0.05, 0) is 37.3 Å². The number of rotatable bonds is 1. The van der Waals surface area contributed by atoms with Gasteiger partial charge in [0.15, 0.2) is 0 Å². The van der Waals surface area contributed by atoms with Gasteiger partial charge in [-0.25, -0.2) is 4.98 Å². The molecule has 1 aromatic heterocycles. The smallest absolute Gasteiger partial charge is 0.202 e. The van der Waals surface area contributed by atoms with Crippen LogP contribution in [0.15, 0.2) is 12.4 Å². The molecule has 0 aromatic carbocycles. The van der Waals surface area contributed by atoms with Crippen LogP contribution in [-0.2, 0) is 0 Å². The molecule has 2 unspecified atom stereocenters. The second kappa shape index (κ2) is 3.68. The molecule has 1 aliphatic rings. The summed E-state index contributed by atoms with van der Waals surface area (Å²) in [4.78, 5) is 4.00. The molecule has 1 aromatic rings. The van der Waals surface area contributed by atoms with E-state index in [0.717, 1.165) is 12.8 Å². The van der Waals surface area contributed by atoms with Gasteiger partial charge in [0, 0.05) is 24.5 Å². The van der Waals surface area contributed by atoms with Crippen molar-refractivity contribution in [3.05, 3.63) is 17.7 Å². The summed E-state index contributed by atoms with van der Waals surface area (Å²) in [6, 6.07) is 0.788. The third-order valence-corrected chi connectivity index (χ3v) is 2.99. The van der Waals surface area contributed by atoms with E-state index >= 15 is 0 Å². The van der Waals surface area contributed by atoms with Crippen molar-refractivity contribution in [2.45, 2.75) is 37.8 Å². The fourth-order valence-electron chi connectivity index (χ4n) is 2.02. The van der Waals surface area contributed by atoms with Gasteiger partial charge in [-0.3, -0.25) is 0 Å². The molecule has 2 N–H and O–H groups in total. The van der Waals surface area contributed by atoms with Crippen molar-refractivity contribution in [2.75, 3.05) is 0 Å². The number of halogens is 1. The summed E-state index contributed by atoms with van der Waals surface area (Å²) in [5.74, 6) is 0. The first-order chi connectivity index (χ1) is 6.27. The van der Waals surface area contributed by atoms with Crippen LogP contribution in [-0.4, -0.2) is 15.6 Å². The average Bonchev–Trinajstić information content (AvgIpc) is 2.51. The van der Waals surface area contributed by atoms with Crippen LogP contribution in [0.3, 0.4) is 0 Å². The first-order valence-corrected chi connectivity index (χ1v) is 5.09. The molecule has 0 radical (unpaired) electrons. The molecule has 13 heavy (non-hydrogen) atoms. The zero-order valence-electron chi connectivity index (χ0n) is 7.49. The van der Waals surface area contributed by atoms with Crippen LogP contribution in [0.4, 0.5) is 0 Å². The average molecular weight is 200 g/mol. The molecule has 1 aliphatic carbocycles. The largest absolute Gasteiger partial charge is 0.328 e. The molecule has 1 saturated carbocycles. The maximum absolute atomic E-state index is 5.93. The van der Waals surface area contributed by atoms with Crippen LogP contribution in [0, 0.1) is 0 Å². The van der Waals surface area contributed by atoms with E-state index in [-0.39, 0.29) is 0 Å². The number of nitrogens with two attached hydrogens (primary N) is 1. The fourth-order valence-corrected chi connectivity index (χ4v) is 2.27. The van der Waals surface area contributed by atoms with Crippen LogP contribution in [0.25, 0.3) is 0 Å². The zero-order chi connectivity index (χ0) is 9.26. The van der Waals surface area contributed by atoms with Crippen LogP contribution < -0.4 is 5.73 Å². The van der Waals surface area contributed by atoms with E-state index in [1.54, 1.807) is 6.20 Å². The summed E-state index contributed by atoms with van der Waals surface area (Å²) in [7, 11) is 0. The SMILES string of the molecule is NC1CCCC(n2ccnc2Cl)C1. The number of aromatic nitrogens is 2. The highest BCUT2D eigenvalue weighted by Crippen LogP contribution is 2.29. The molecule has 0 amide bonds. The standard InChI is InChI=1S/C9H14ClN3/c10-9-12-4-5-13(9)8-3-1-2-7(11)6-8/h4-5,7-8H,1-3,6,11H2. The number of hydrogen-bond acceptors (Lipinski definition) is 2. The number of nitrogens with zero attached hydrogens (tertiary/aromatic N) is 2. The minimum Gasteiger partial charge on any atom is -0.328 e. The van der Waals surface area contributed by atoms with Gasteiger partial charge in [0.2, 0.25) is 5.28 Å². The zero-order valence-corrected chi connectivity index (χ0v) is 8.24. The molecular weight excluding hydrogens is 186 g/mol. The monoisotopic (exact) mass is 199 g/mol. The number of hydrogen-bond donors (Lipinski definition) is 1. The molecule has 0 aliphatic heterocycles. The Labute approximate surface area is 82.9 Å². The maximum Gasteiger partial charge on any atom is 0.202 e. The molecule has 0 saturated heterocycles. The first kappa shape index (κ1) is 9.03. The highest BCUT2D eigenvalue weighted by molar-refractivity contribution is 6.28. The van der Waals surface area contributed by atoms with E-state index in [9.17, 15) is 0 Å². The Morgan fingerprint density at radius 1 is 1.54 bits per heavy atom. The van der Waals surface area contributed by atoms with E-state index in [1.165, 1.54) is 12.8 Å². The third kappa shape index (κ3) is 1.86. The Bertz CT molecular complexity index is 284. The van der Waals surface area contributed by atoms with Crippen molar-refractivity contribution in [1.29, 1.82) is 0 Å². The van der Waals surface area contributed by atoms with Crippen LogP contribution >= 0.6 is 11.6 Å². The van der Waals surface area contributed by atoms with Gasteiger partial charge < -0.3 is 10.3 Å². The molecule has 1 heterocycles. The minimum absolute atomic E-state index is 0.331. The van der Waals surface area contributed by atoms with E-state index < -0.39 is 0 Å². The Morgan fingerprint density at radius 2 is 2.38 bits per heavy atom. The molecule has 1 fully saturated rings. The Balaban J connectivity index is 2.12. The molecule has 2 rings (SSSR count). The van der Waals surface area contributed by atoms with Gasteiger partial charge in [0.1, 0.15) is 0 Å². The normalized spacial score (nSPS) is 29.1. The summed E-state index contributed by atoms with van der Waals surface area (Å²) in [5, 5.41) is 0.583. The molecule has 72 valence electrons. The van der Waals surface area contributed by atoms with Crippen molar-refractivity contribution in [2.24, 2.45) is 5.73 Å². The fraction of sp³-hybridized carbons (Fsp3) is 0.667. The molecule has 4 heteroatoms. The van der Waals surface area contributed by atoms with E-state index in [2.05, 4.69) is 4.98 Å². The third-order valence-electron chi connectivity index (χ3n) is 2.70. The first-order valence-electron chi connectivity index (χ1n) is 4.71. The summed E-state index contributed by atoms with van der Waals surface area (Å²) < 4.78 is 2.03. The Morgan fingerprint density at radius 3 is 3.00 bits per heavy atom. The van der Waals surface area contributed by atoms with Gasteiger partial charge in [-0.15, -0.1) is 0 Å². The lowest BCUT2D eigenvalue weighted by Gasteiger charge is -2.27. The predicted molar refractivity (Wildman–Crippen MR) is 52.7 cm³/mol. The highest BCUT2D eigenvalue weighted by atomic mass is 35.5. The van der Waals surface area contributed by atoms with Crippen LogP contribution in [0.2, 0.25) is 5.28 Å². The minimum atomic E-state index is 0.331. The van der Waals surface area contributed by atoms with E-state index in [4.69, 9.17) is 17.3 Å². The van der Waals surface area contributed by atoms with Crippen LogP contribution in [0.1, 0.15) is 31.7 Å². The second-order valence-electron chi connectivity index (χ2n) is 3.68. The van der Waals surface area contributed by atoms with Crippen LogP contribution in [0.5, 0.6) is 0 Å². The van der Waals surface area contributed by atoms with Gasteiger partial charge in [-0.2, -0.15) is 0 Å². The van der Waals surface area contributed by atoms with E-state index in [1.807, 2.05) is 10.8 Å². The maximum atomic E-state index is 5.93. The van der Waals surface area contributed by atoms with Crippen molar-refractivity contribution in [3.8, 4) is 0 Å². The summed E-state index contributed by atoms with van der Waals surface area (Å²) in [5.41, 5.74) is 5.90. The second-order valence-corrected chi connectivity index (χ2v) is 4.02. The molecule has 0 spiro atoms. The van der Waals surface area contributed by atoms with Gasteiger partial charge in [0.25, 0.3) is 0 Å². The van der Waals surface area contributed by atoms with Crippen molar-refractivity contribution in [3.63, 3.8) is 0 Å². The Hall–Kier alpha value is -0.540. The molecule has 2 atom stereocenters. The summed E-state index contributed by atoms with van der Waals surface area (Å²) in [6.07, 6.45) is 8.20. The lowest BCUT2D eigenvalue weighted by atomic mass is 9.91. The van der Waals surface area contributed by atoms with Gasteiger partial charge in [-0.1, -0.05) is 0 Å². The number of imidazole rings is 1. The molecule has 0 bridgehead atoms. The van der Waals surface area contributed by atoms with Crippen molar-refractivity contribution >= 4 is 11.6 Å². The summed E-state index contributed by atoms with van der Waals surface area (Å²) in [6.45, 7) is 0. The van der Waals surface area contributed by atoms with Gasteiger partial charge >= 0.3 is 0 Å².